The molecule has 0 bridgehead atoms. The predicted molar refractivity (Wildman–Crippen MR) is 80.0 cm³/mol. The number of hydrogen-bond acceptors (Lipinski definition) is 3. The van der Waals surface area contributed by atoms with E-state index >= 15 is 0 Å². The van der Waals surface area contributed by atoms with Gasteiger partial charge in [0.25, 0.3) is 0 Å². The van der Waals surface area contributed by atoms with Crippen LogP contribution in [0.3, 0.4) is 0 Å². The number of anilines is 2. The Morgan fingerprint density at radius 3 is 2.79 bits per heavy atom. The first-order chi connectivity index (χ1) is 9.11. The zero-order valence-corrected chi connectivity index (χ0v) is 11.9. The molecule has 19 heavy (non-hydrogen) atoms. The number of benzene rings is 1. The van der Waals surface area contributed by atoms with E-state index in [2.05, 4.69) is 24.8 Å². The summed E-state index contributed by atoms with van der Waals surface area (Å²) < 4.78 is 0. The normalized spacial score (nSPS) is 20.1. The average molecular weight is 257 g/mol. The molecule has 1 aromatic carbocycles. The molecule has 0 aromatic heterocycles. The summed E-state index contributed by atoms with van der Waals surface area (Å²) in [4.78, 5) is 2.35. The Balaban J connectivity index is 2.16. The lowest BCUT2D eigenvalue weighted by atomic mass is 9.89. The van der Waals surface area contributed by atoms with Crippen LogP contribution in [0.2, 0.25) is 0 Å². The summed E-state index contributed by atoms with van der Waals surface area (Å²) >= 11 is 0. The molecular weight excluding hydrogens is 234 g/mol. The molecule has 2 N–H and O–H groups in total. The third-order valence-corrected chi connectivity index (χ3v) is 4.22. The topological polar surface area (TPSA) is 53.0 Å². The van der Waals surface area contributed by atoms with E-state index in [-0.39, 0.29) is 0 Å². The molecule has 1 heterocycles. The third kappa shape index (κ3) is 3.20. The largest absolute Gasteiger partial charge is 0.397 e. The fourth-order valence-corrected chi connectivity index (χ4v) is 2.92. The summed E-state index contributed by atoms with van der Waals surface area (Å²) in [7, 11) is 0. The Labute approximate surface area is 116 Å². The number of nitrogens with zero attached hydrogens (tertiary/aromatic N) is 2. The smallest absolute Gasteiger partial charge is 0.0992 e. The highest BCUT2D eigenvalue weighted by molar-refractivity contribution is 5.69. The Hall–Kier alpha value is -1.69. The van der Waals surface area contributed by atoms with Gasteiger partial charge in [0, 0.05) is 13.1 Å². The van der Waals surface area contributed by atoms with Gasteiger partial charge in [0.15, 0.2) is 0 Å². The molecule has 2 rings (SSSR count). The van der Waals surface area contributed by atoms with Gasteiger partial charge in [0.05, 0.1) is 23.0 Å². The lowest BCUT2D eigenvalue weighted by Gasteiger charge is -2.25. The van der Waals surface area contributed by atoms with E-state index in [1.54, 1.807) is 6.07 Å². The van der Waals surface area contributed by atoms with E-state index in [4.69, 9.17) is 11.0 Å². The van der Waals surface area contributed by atoms with Crippen LogP contribution in [-0.2, 0) is 0 Å². The van der Waals surface area contributed by atoms with Gasteiger partial charge in [-0.1, -0.05) is 13.8 Å². The molecule has 1 unspecified atom stereocenters. The summed E-state index contributed by atoms with van der Waals surface area (Å²) in [5.74, 6) is 1.56. The first-order valence-corrected chi connectivity index (χ1v) is 7.16. The second-order valence-corrected chi connectivity index (χ2v) is 5.81. The fourth-order valence-electron chi connectivity index (χ4n) is 2.92. The van der Waals surface area contributed by atoms with Crippen LogP contribution in [0.4, 0.5) is 11.4 Å². The van der Waals surface area contributed by atoms with Crippen molar-refractivity contribution in [3.63, 3.8) is 0 Å². The van der Waals surface area contributed by atoms with E-state index in [0.29, 0.717) is 5.56 Å². The van der Waals surface area contributed by atoms with Gasteiger partial charge in [0.2, 0.25) is 0 Å². The van der Waals surface area contributed by atoms with Crippen LogP contribution in [0.25, 0.3) is 0 Å². The number of nitrogen functional groups attached to an aromatic ring is 1. The van der Waals surface area contributed by atoms with Gasteiger partial charge in [-0.15, -0.1) is 0 Å². The highest BCUT2D eigenvalue weighted by Gasteiger charge is 2.20. The highest BCUT2D eigenvalue weighted by atomic mass is 15.1. The van der Waals surface area contributed by atoms with Crippen molar-refractivity contribution in [2.45, 2.75) is 33.1 Å². The summed E-state index contributed by atoms with van der Waals surface area (Å²) in [5.41, 5.74) is 8.57. The number of nitriles is 1. The van der Waals surface area contributed by atoms with E-state index < -0.39 is 0 Å². The van der Waals surface area contributed by atoms with Crippen LogP contribution in [0.1, 0.15) is 38.7 Å². The van der Waals surface area contributed by atoms with Crippen LogP contribution < -0.4 is 10.6 Å². The zero-order chi connectivity index (χ0) is 13.8. The van der Waals surface area contributed by atoms with Crippen LogP contribution in [-0.4, -0.2) is 13.1 Å². The van der Waals surface area contributed by atoms with Crippen LogP contribution in [0.5, 0.6) is 0 Å². The lowest BCUT2D eigenvalue weighted by Crippen LogP contribution is -2.25. The second-order valence-electron chi connectivity index (χ2n) is 5.81. The summed E-state index contributed by atoms with van der Waals surface area (Å²) in [6.07, 6.45) is 3.72. The molecule has 0 saturated carbocycles. The molecule has 1 aliphatic rings. The minimum absolute atomic E-state index is 0.689. The Bertz CT molecular complexity index is 473. The maximum absolute atomic E-state index is 9.01. The standard InChI is InChI=1S/C16H23N3/c1-12(2)14-4-3-8-19(9-7-14)16-10-13(11-17)5-6-15(16)18/h5-6,10,12,14H,3-4,7-9,18H2,1-2H3. The molecule has 0 amide bonds. The highest BCUT2D eigenvalue weighted by Crippen LogP contribution is 2.30. The third-order valence-electron chi connectivity index (χ3n) is 4.22. The lowest BCUT2D eigenvalue weighted by molar-refractivity contribution is 0.351. The molecule has 1 fully saturated rings. The average Bonchev–Trinajstić information content (AvgIpc) is 2.65. The number of nitrogens with two attached hydrogens (primary N) is 1. The molecule has 1 atom stereocenters. The van der Waals surface area contributed by atoms with Crippen LogP contribution in [0, 0.1) is 23.2 Å². The molecule has 1 saturated heterocycles. The zero-order valence-electron chi connectivity index (χ0n) is 11.9. The predicted octanol–water partition coefficient (Wildman–Crippen LogP) is 3.40. The molecule has 102 valence electrons. The van der Waals surface area contributed by atoms with Crippen molar-refractivity contribution in [2.75, 3.05) is 23.7 Å². The fraction of sp³-hybridized carbons (Fsp3) is 0.562. The molecule has 1 aliphatic heterocycles. The van der Waals surface area contributed by atoms with Crippen molar-refractivity contribution in [3.8, 4) is 6.07 Å². The summed E-state index contributed by atoms with van der Waals surface area (Å²) in [5, 5.41) is 9.01. The van der Waals surface area contributed by atoms with Gasteiger partial charge >= 0.3 is 0 Å². The van der Waals surface area contributed by atoms with Crippen molar-refractivity contribution in [2.24, 2.45) is 11.8 Å². The van der Waals surface area contributed by atoms with Gasteiger partial charge in [-0.25, -0.2) is 0 Å². The first-order valence-electron chi connectivity index (χ1n) is 7.16. The van der Waals surface area contributed by atoms with Crippen LogP contribution in [0.15, 0.2) is 18.2 Å². The minimum atomic E-state index is 0.689. The first kappa shape index (κ1) is 13.7. The number of hydrogen-bond donors (Lipinski definition) is 1. The molecule has 0 spiro atoms. The maximum Gasteiger partial charge on any atom is 0.0992 e. The Kier molecular flexibility index (Phi) is 4.31. The van der Waals surface area contributed by atoms with Gasteiger partial charge < -0.3 is 10.6 Å². The molecule has 0 radical (unpaired) electrons. The number of rotatable bonds is 2. The quantitative estimate of drug-likeness (QED) is 0.826. The molecular formula is C16H23N3. The van der Waals surface area contributed by atoms with E-state index in [0.717, 1.165) is 36.3 Å². The Morgan fingerprint density at radius 1 is 1.32 bits per heavy atom. The SMILES string of the molecule is CC(C)C1CCCN(c2cc(C#N)ccc2N)CC1. The Morgan fingerprint density at radius 2 is 2.11 bits per heavy atom. The second kappa shape index (κ2) is 5.97. The molecule has 3 nitrogen and oxygen atoms in total. The van der Waals surface area contributed by atoms with Crippen LogP contribution >= 0.6 is 0 Å². The van der Waals surface area contributed by atoms with Gasteiger partial charge in [0.1, 0.15) is 0 Å². The van der Waals surface area contributed by atoms with E-state index in [1.807, 2.05) is 12.1 Å². The molecule has 1 aromatic rings. The van der Waals surface area contributed by atoms with E-state index in [1.165, 1.54) is 19.3 Å². The van der Waals surface area contributed by atoms with Gasteiger partial charge in [-0.05, 0) is 49.3 Å². The molecule has 3 heteroatoms. The maximum atomic E-state index is 9.01. The van der Waals surface area contributed by atoms with Gasteiger partial charge in [-0.2, -0.15) is 5.26 Å². The summed E-state index contributed by atoms with van der Waals surface area (Å²) in [6, 6.07) is 7.75. The summed E-state index contributed by atoms with van der Waals surface area (Å²) in [6.45, 7) is 6.71. The van der Waals surface area contributed by atoms with Crippen molar-refractivity contribution in [1.82, 2.24) is 0 Å². The van der Waals surface area contributed by atoms with Crippen molar-refractivity contribution < 1.29 is 0 Å². The van der Waals surface area contributed by atoms with Crippen molar-refractivity contribution in [3.05, 3.63) is 23.8 Å². The molecule has 0 aliphatic carbocycles. The van der Waals surface area contributed by atoms with Gasteiger partial charge in [-0.3, -0.25) is 0 Å². The monoisotopic (exact) mass is 257 g/mol. The van der Waals surface area contributed by atoms with Crippen molar-refractivity contribution >= 4 is 11.4 Å². The van der Waals surface area contributed by atoms with Crippen molar-refractivity contribution in [1.29, 1.82) is 5.26 Å². The minimum Gasteiger partial charge on any atom is -0.397 e. The van der Waals surface area contributed by atoms with E-state index in [9.17, 15) is 0 Å².